The van der Waals surface area contributed by atoms with Crippen LogP contribution in [0, 0.1) is 5.41 Å². The lowest BCUT2D eigenvalue weighted by Gasteiger charge is -2.44. The number of aromatic nitrogens is 2. The van der Waals surface area contributed by atoms with Crippen molar-refractivity contribution in [2.75, 3.05) is 44.6 Å². The smallest absolute Gasteiger partial charge is 0.305 e. The van der Waals surface area contributed by atoms with Crippen LogP contribution in [0.5, 0.6) is 0 Å². The van der Waals surface area contributed by atoms with Crippen molar-refractivity contribution in [3.05, 3.63) is 22.7 Å². The molecule has 3 atom stereocenters. The number of amides is 1. The van der Waals surface area contributed by atoms with Crippen molar-refractivity contribution in [1.29, 1.82) is 5.41 Å². The van der Waals surface area contributed by atoms with E-state index in [0.717, 1.165) is 37.0 Å². The molecular formula is C25H38N8O6. The molecular weight excluding hydrogens is 508 g/mol. The Morgan fingerprint density at radius 2 is 2.03 bits per heavy atom. The number of ketones is 1. The van der Waals surface area contributed by atoms with Gasteiger partial charge in [0.1, 0.15) is 11.8 Å². The predicted octanol–water partition coefficient (Wildman–Crippen LogP) is 0.175. The fourth-order valence-electron chi connectivity index (χ4n) is 5.09. The number of carboxylic acids is 1. The topological polar surface area (TPSA) is 193 Å². The Morgan fingerprint density at radius 3 is 2.69 bits per heavy atom. The summed E-state index contributed by atoms with van der Waals surface area (Å²) in [5.41, 5.74) is -0.621. The minimum atomic E-state index is -1.23. The van der Waals surface area contributed by atoms with Crippen molar-refractivity contribution >= 4 is 34.9 Å². The second-order valence-electron chi connectivity index (χ2n) is 9.98. The van der Waals surface area contributed by atoms with Gasteiger partial charge in [-0.25, -0.2) is 4.98 Å². The summed E-state index contributed by atoms with van der Waals surface area (Å²) in [5, 5.41) is 34.3. The standard InChI is InChI=1S/C25H38N8O6/c1-3-20(33-9-7-27-23(25(33)38)28-13-19(30-39)16(2)26)24(37)29-18(12-22(35)36)21(34)15-31-10-11-32-8-5-4-6-17(32)14-31/h7,9,17-18,20,26,39H,3-6,8,10-15H2,1-2H3,(H,27,28)(H,29,37)(H,35,36)/b26-16?,30-19-. The van der Waals surface area contributed by atoms with Gasteiger partial charge in [-0.15, -0.1) is 0 Å². The van der Waals surface area contributed by atoms with E-state index in [1.54, 1.807) is 6.92 Å². The van der Waals surface area contributed by atoms with Crippen molar-refractivity contribution in [3.8, 4) is 0 Å². The zero-order chi connectivity index (χ0) is 28.5. The highest BCUT2D eigenvalue weighted by atomic mass is 16.4. The third-order valence-electron chi connectivity index (χ3n) is 7.25. The summed E-state index contributed by atoms with van der Waals surface area (Å²) in [5.74, 6) is -2.37. The Kier molecular flexibility index (Phi) is 10.7. The average Bonchev–Trinajstić information content (AvgIpc) is 2.90. The van der Waals surface area contributed by atoms with Crippen LogP contribution in [0.25, 0.3) is 0 Å². The number of Topliss-reactive ketones (excluding diaryl/α,β-unsaturated/α-hetero) is 1. The van der Waals surface area contributed by atoms with E-state index in [4.69, 9.17) is 10.6 Å². The molecule has 0 spiro atoms. The minimum absolute atomic E-state index is 0.00169. The van der Waals surface area contributed by atoms with E-state index >= 15 is 0 Å². The number of carbonyl (C=O) groups is 3. The first-order chi connectivity index (χ1) is 18.6. The fraction of sp³-hybridized carbons (Fsp3) is 0.640. The number of nitrogens with one attached hydrogen (secondary N) is 3. The molecule has 14 nitrogen and oxygen atoms in total. The molecule has 2 aliphatic heterocycles. The van der Waals surface area contributed by atoms with E-state index in [2.05, 4.69) is 25.7 Å². The van der Waals surface area contributed by atoms with Gasteiger partial charge in [0, 0.05) is 38.1 Å². The van der Waals surface area contributed by atoms with Gasteiger partial charge in [0.05, 0.1) is 31.3 Å². The lowest BCUT2D eigenvalue weighted by molar-refractivity contribution is -0.140. The van der Waals surface area contributed by atoms with Crippen molar-refractivity contribution in [1.82, 2.24) is 24.7 Å². The number of hydrogen-bond acceptors (Lipinski definition) is 11. The number of fused-ring (bicyclic) bond motifs is 1. The molecule has 0 aliphatic carbocycles. The first kappa shape index (κ1) is 29.9. The zero-order valence-corrected chi connectivity index (χ0v) is 22.4. The van der Waals surface area contributed by atoms with Crippen LogP contribution in [0.3, 0.4) is 0 Å². The molecule has 5 N–H and O–H groups in total. The van der Waals surface area contributed by atoms with Crippen LogP contribution < -0.4 is 16.2 Å². The van der Waals surface area contributed by atoms with Crippen LogP contribution in [0.4, 0.5) is 5.82 Å². The number of piperidine rings is 1. The number of carboxylic acid groups (broad SMARTS) is 1. The third-order valence-corrected chi connectivity index (χ3v) is 7.25. The van der Waals surface area contributed by atoms with E-state index < -0.39 is 35.9 Å². The van der Waals surface area contributed by atoms with E-state index in [1.165, 1.54) is 25.7 Å². The van der Waals surface area contributed by atoms with Gasteiger partial charge < -0.3 is 26.4 Å². The Bertz CT molecular complexity index is 1150. The molecule has 0 bridgehead atoms. The number of oxime groups is 1. The number of hydrogen-bond donors (Lipinski definition) is 5. The Balaban J connectivity index is 1.70. The van der Waals surface area contributed by atoms with Crippen LogP contribution in [0.2, 0.25) is 0 Å². The number of carbonyl (C=O) groups excluding carboxylic acids is 2. The summed E-state index contributed by atoms with van der Waals surface area (Å²) < 4.78 is 1.16. The molecule has 1 amide bonds. The van der Waals surface area contributed by atoms with Gasteiger partial charge in [-0.1, -0.05) is 18.5 Å². The maximum atomic E-state index is 13.3. The first-order valence-corrected chi connectivity index (χ1v) is 13.2. The average molecular weight is 547 g/mol. The van der Waals surface area contributed by atoms with Crippen LogP contribution in [-0.2, 0) is 14.4 Å². The molecule has 2 aliphatic rings. The summed E-state index contributed by atoms with van der Waals surface area (Å²) >= 11 is 0. The third kappa shape index (κ3) is 7.93. The maximum Gasteiger partial charge on any atom is 0.305 e. The number of anilines is 1. The molecule has 214 valence electrons. The minimum Gasteiger partial charge on any atom is -0.481 e. The second-order valence-corrected chi connectivity index (χ2v) is 9.98. The van der Waals surface area contributed by atoms with Crippen LogP contribution in [0.1, 0.15) is 52.0 Å². The Labute approximate surface area is 226 Å². The van der Waals surface area contributed by atoms with E-state index in [0.29, 0.717) is 12.6 Å². The molecule has 0 aromatic carbocycles. The molecule has 3 rings (SSSR count). The molecule has 39 heavy (non-hydrogen) atoms. The van der Waals surface area contributed by atoms with Crippen molar-refractivity contribution in [3.63, 3.8) is 0 Å². The van der Waals surface area contributed by atoms with Crippen LogP contribution in [-0.4, -0.2) is 110 Å². The van der Waals surface area contributed by atoms with Gasteiger partial charge in [0.2, 0.25) is 5.91 Å². The van der Waals surface area contributed by atoms with Crippen LogP contribution in [0.15, 0.2) is 22.3 Å². The summed E-state index contributed by atoms with van der Waals surface area (Å²) in [6, 6.07) is -1.87. The molecule has 2 fully saturated rings. The highest BCUT2D eigenvalue weighted by Crippen LogP contribution is 2.21. The summed E-state index contributed by atoms with van der Waals surface area (Å²) in [7, 11) is 0. The van der Waals surface area contributed by atoms with Gasteiger partial charge in [0.15, 0.2) is 11.6 Å². The normalized spacial score (nSPS) is 19.9. The van der Waals surface area contributed by atoms with E-state index in [1.807, 2.05) is 4.90 Å². The maximum absolute atomic E-state index is 13.3. The Morgan fingerprint density at radius 1 is 1.26 bits per heavy atom. The number of nitrogens with zero attached hydrogens (tertiary/aromatic N) is 5. The first-order valence-electron chi connectivity index (χ1n) is 13.2. The molecule has 0 saturated carbocycles. The van der Waals surface area contributed by atoms with Gasteiger partial charge in [0.25, 0.3) is 5.56 Å². The number of aliphatic carboxylic acids is 1. The molecule has 3 unspecified atom stereocenters. The van der Waals surface area contributed by atoms with Gasteiger partial charge in [-0.05, 0) is 32.7 Å². The molecule has 14 heteroatoms. The van der Waals surface area contributed by atoms with Gasteiger partial charge in [-0.3, -0.25) is 33.5 Å². The molecule has 1 aromatic heterocycles. The van der Waals surface area contributed by atoms with E-state index in [-0.39, 0.29) is 42.5 Å². The van der Waals surface area contributed by atoms with Gasteiger partial charge >= 0.3 is 5.97 Å². The summed E-state index contributed by atoms with van der Waals surface area (Å²) in [6.45, 7) is 6.39. The number of piperazine rings is 1. The van der Waals surface area contributed by atoms with Crippen molar-refractivity contribution in [2.45, 2.75) is 64.1 Å². The quantitative estimate of drug-likeness (QED) is 0.129. The number of rotatable bonds is 13. The highest BCUT2D eigenvalue weighted by molar-refractivity contribution is 6.41. The van der Waals surface area contributed by atoms with Gasteiger partial charge in [-0.2, -0.15) is 0 Å². The van der Waals surface area contributed by atoms with Crippen LogP contribution >= 0.6 is 0 Å². The molecule has 1 aromatic rings. The van der Waals surface area contributed by atoms with Crippen molar-refractivity contribution < 1.29 is 24.7 Å². The fourth-order valence-corrected chi connectivity index (χ4v) is 5.09. The molecule has 2 saturated heterocycles. The van der Waals surface area contributed by atoms with E-state index in [9.17, 15) is 24.3 Å². The monoisotopic (exact) mass is 546 g/mol. The lowest BCUT2D eigenvalue weighted by atomic mass is 9.99. The second kappa shape index (κ2) is 13.9. The molecule has 0 radical (unpaired) electrons. The zero-order valence-electron chi connectivity index (χ0n) is 22.4. The largest absolute Gasteiger partial charge is 0.481 e. The van der Waals surface area contributed by atoms with Crippen molar-refractivity contribution in [2.24, 2.45) is 5.16 Å². The summed E-state index contributed by atoms with van der Waals surface area (Å²) in [6.07, 6.45) is 5.69. The predicted molar refractivity (Wildman–Crippen MR) is 144 cm³/mol. The SMILES string of the molecule is CCC(C(=O)NC(CC(=O)O)C(=O)CN1CCN2CCCCC2C1)n1ccnc(NC/C(=N/O)C(C)=N)c1=O. The Hall–Kier alpha value is -3.65. The molecule has 3 heterocycles. The highest BCUT2D eigenvalue weighted by Gasteiger charge is 2.33. The summed E-state index contributed by atoms with van der Waals surface area (Å²) in [4.78, 5) is 59.5. The lowest BCUT2D eigenvalue weighted by Crippen LogP contribution is -2.57.